The molecule has 1 aromatic carbocycles. The number of carbonyl (C=O) groups is 1. The van der Waals surface area contributed by atoms with Crippen LogP contribution in [0.2, 0.25) is 0 Å². The molecule has 3 aromatic rings. The average molecular weight is 338 g/mol. The Morgan fingerprint density at radius 1 is 1.28 bits per heavy atom. The molecule has 0 spiro atoms. The van der Waals surface area contributed by atoms with Crippen LogP contribution in [-0.2, 0) is 11.3 Å². The summed E-state index contributed by atoms with van der Waals surface area (Å²) in [6.45, 7) is 0.722. The Hall–Kier alpha value is -3.03. The van der Waals surface area contributed by atoms with Crippen LogP contribution in [0.15, 0.2) is 48.7 Å². The van der Waals surface area contributed by atoms with E-state index < -0.39 is 5.91 Å². The summed E-state index contributed by atoms with van der Waals surface area (Å²) in [6.07, 6.45) is 5.16. The normalized spacial score (nSPS) is 11.3. The van der Waals surface area contributed by atoms with E-state index in [1.165, 1.54) is 6.08 Å². The molecule has 2 heterocycles. The second-order valence-electron chi connectivity index (χ2n) is 5.44. The maximum Gasteiger partial charge on any atom is 0.267 e. The van der Waals surface area contributed by atoms with Gasteiger partial charge in [-0.25, -0.2) is 10.5 Å². The maximum absolute atomic E-state index is 11.1. The number of aliphatic hydroxyl groups excluding tert-OH is 1. The van der Waals surface area contributed by atoms with E-state index in [-0.39, 0.29) is 6.61 Å². The Morgan fingerprint density at radius 3 is 2.88 bits per heavy atom. The largest absolute Gasteiger partial charge is 0.396 e. The van der Waals surface area contributed by atoms with Crippen molar-refractivity contribution in [2.24, 2.45) is 0 Å². The fraction of sp³-hybridized carbons (Fsp3) is 0.167. The highest BCUT2D eigenvalue weighted by Crippen LogP contribution is 2.25. The number of rotatable bonds is 6. The number of nitrogens with one attached hydrogen (secondary N) is 1. The molecule has 7 heteroatoms. The van der Waals surface area contributed by atoms with Crippen LogP contribution in [0.4, 0.5) is 0 Å². The quantitative estimate of drug-likeness (QED) is 0.363. The number of aryl methyl sites for hydroxylation is 1. The molecule has 0 saturated heterocycles. The predicted molar refractivity (Wildman–Crippen MR) is 93.6 cm³/mol. The van der Waals surface area contributed by atoms with E-state index in [4.69, 9.17) is 5.21 Å². The lowest BCUT2D eigenvalue weighted by Crippen LogP contribution is -2.14. The lowest BCUT2D eigenvalue weighted by atomic mass is 10.2. The molecule has 0 saturated carbocycles. The molecule has 0 atom stereocenters. The minimum Gasteiger partial charge on any atom is -0.396 e. The third-order valence-electron chi connectivity index (χ3n) is 3.74. The first-order valence-corrected chi connectivity index (χ1v) is 7.87. The van der Waals surface area contributed by atoms with Gasteiger partial charge in [0, 0.05) is 25.4 Å². The second-order valence-corrected chi connectivity index (χ2v) is 5.44. The summed E-state index contributed by atoms with van der Waals surface area (Å²) in [5.41, 5.74) is 4.80. The molecule has 7 nitrogen and oxygen atoms in total. The minimum absolute atomic E-state index is 0.0957. The molecule has 0 unspecified atom stereocenters. The number of hydrogen-bond donors (Lipinski definition) is 3. The second kappa shape index (κ2) is 7.69. The Morgan fingerprint density at radius 2 is 2.16 bits per heavy atom. The van der Waals surface area contributed by atoms with Gasteiger partial charge in [0.1, 0.15) is 5.69 Å². The molecular weight excluding hydrogens is 320 g/mol. The van der Waals surface area contributed by atoms with Crippen LogP contribution in [0.3, 0.4) is 0 Å². The molecule has 2 aromatic heterocycles. The van der Waals surface area contributed by atoms with E-state index in [0.717, 1.165) is 28.1 Å². The van der Waals surface area contributed by atoms with E-state index in [1.807, 2.05) is 41.0 Å². The number of nitrogens with zero attached hydrogens (tertiary/aromatic N) is 3. The zero-order chi connectivity index (χ0) is 17.6. The zero-order valence-electron chi connectivity index (χ0n) is 13.5. The SMILES string of the molecule is O=C(C=Cc1ccc2c(c1)nc(-c1ccccn1)n2CCCO)NO. The summed E-state index contributed by atoms with van der Waals surface area (Å²) in [4.78, 5) is 20.2. The van der Waals surface area contributed by atoms with Crippen molar-refractivity contribution in [3.8, 4) is 11.5 Å². The van der Waals surface area contributed by atoms with Gasteiger partial charge < -0.3 is 9.67 Å². The van der Waals surface area contributed by atoms with Gasteiger partial charge >= 0.3 is 0 Å². The summed E-state index contributed by atoms with van der Waals surface area (Å²) < 4.78 is 2.03. The number of amides is 1. The number of carbonyl (C=O) groups excluding carboxylic acids is 1. The number of imidazole rings is 1. The van der Waals surface area contributed by atoms with Gasteiger partial charge in [0.25, 0.3) is 5.91 Å². The van der Waals surface area contributed by atoms with Crippen molar-refractivity contribution in [3.05, 3.63) is 54.2 Å². The van der Waals surface area contributed by atoms with Gasteiger partial charge in [0.2, 0.25) is 0 Å². The van der Waals surface area contributed by atoms with Gasteiger partial charge in [0.05, 0.1) is 11.0 Å². The molecule has 1 amide bonds. The van der Waals surface area contributed by atoms with Crippen LogP contribution in [0.1, 0.15) is 12.0 Å². The number of benzene rings is 1. The van der Waals surface area contributed by atoms with Crippen molar-refractivity contribution in [2.75, 3.05) is 6.61 Å². The standard InChI is InChI=1S/C18H18N4O3/c23-11-3-10-22-16-7-5-13(6-8-17(24)21-25)12-15(16)20-18(22)14-4-1-2-9-19-14/h1-2,4-9,12,23,25H,3,10-11H2,(H,21,24). The summed E-state index contributed by atoms with van der Waals surface area (Å²) in [5, 5.41) is 17.7. The summed E-state index contributed by atoms with van der Waals surface area (Å²) in [6, 6.07) is 11.3. The predicted octanol–water partition coefficient (Wildman–Crippen LogP) is 2.00. The van der Waals surface area contributed by atoms with E-state index in [1.54, 1.807) is 17.8 Å². The lowest BCUT2D eigenvalue weighted by Gasteiger charge is -2.07. The monoisotopic (exact) mass is 338 g/mol. The fourth-order valence-corrected chi connectivity index (χ4v) is 2.61. The van der Waals surface area contributed by atoms with Crippen LogP contribution in [0.5, 0.6) is 0 Å². The molecule has 0 aliphatic rings. The molecule has 0 aliphatic heterocycles. The Kier molecular flexibility index (Phi) is 5.17. The fourth-order valence-electron chi connectivity index (χ4n) is 2.61. The summed E-state index contributed by atoms with van der Waals surface area (Å²) >= 11 is 0. The van der Waals surface area contributed by atoms with Crippen molar-refractivity contribution >= 4 is 23.0 Å². The van der Waals surface area contributed by atoms with Crippen LogP contribution < -0.4 is 5.48 Å². The van der Waals surface area contributed by atoms with Crippen LogP contribution in [-0.4, -0.2) is 37.4 Å². The molecule has 3 rings (SSSR count). The molecule has 0 aliphatic carbocycles. The van der Waals surface area contributed by atoms with Crippen LogP contribution in [0, 0.1) is 0 Å². The maximum atomic E-state index is 11.1. The molecule has 0 bridgehead atoms. The van der Waals surface area contributed by atoms with Crippen molar-refractivity contribution < 1.29 is 15.1 Å². The number of aromatic nitrogens is 3. The first-order chi connectivity index (χ1) is 12.2. The van der Waals surface area contributed by atoms with E-state index in [9.17, 15) is 9.90 Å². The first kappa shape index (κ1) is 16.8. The number of aliphatic hydroxyl groups is 1. The highest BCUT2D eigenvalue weighted by atomic mass is 16.5. The average Bonchev–Trinajstić information content (AvgIpc) is 3.02. The van der Waals surface area contributed by atoms with Crippen molar-refractivity contribution in [1.29, 1.82) is 0 Å². The Bertz CT molecular complexity index is 903. The van der Waals surface area contributed by atoms with Gasteiger partial charge in [-0.15, -0.1) is 0 Å². The van der Waals surface area contributed by atoms with Gasteiger partial charge in [-0.1, -0.05) is 12.1 Å². The third-order valence-corrected chi connectivity index (χ3v) is 3.74. The molecule has 0 radical (unpaired) electrons. The number of fused-ring (bicyclic) bond motifs is 1. The summed E-state index contributed by atoms with van der Waals surface area (Å²) in [7, 11) is 0. The van der Waals surface area contributed by atoms with E-state index in [2.05, 4.69) is 9.97 Å². The highest BCUT2D eigenvalue weighted by molar-refractivity contribution is 5.91. The number of hydrogen-bond acceptors (Lipinski definition) is 5. The number of pyridine rings is 1. The minimum atomic E-state index is -0.595. The lowest BCUT2D eigenvalue weighted by molar-refractivity contribution is -0.124. The van der Waals surface area contributed by atoms with Gasteiger partial charge in [-0.3, -0.25) is 15.0 Å². The molecule has 25 heavy (non-hydrogen) atoms. The summed E-state index contributed by atoms with van der Waals surface area (Å²) in [5.74, 6) is 0.140. The van der Waals surface area contributed by atoms with Crippen molar-refractivity contribution in [2.45, 2.75) is 13.0 Å². The molecule has 128 valence electrons. The van der Waals surface area contributed by atoms with Crippen molar-refractivity contribution in [1.82, 2.24) is 20.0 Å². The van der Waals surface area contributed by atoms with Crippen LogP contribution in [0.25, 0.3) is 28.6 Å². The van der Waals surface area contributed by atoms with Crippen molar-refractivity contribution in [3.63, 3.8) is 0 Å². The van der Waals surface area contributed by atoms with E-state index >= 15 is 0 Å². The smallest absolute Gasteiger partial charge is 0.267 e. The third kappa shape index (κ3) is 3.73. The topological polar surface area (TPSA) is 100 Å². The van der Waals surface area contributed by atoms with Gasteiger partial charge in [-0.05, 0) is 42.3 Å². The zero-order valence-corrected chi connectivity index (χ0v) is 13.5. The molecule has 0 fully saturated rings. The first-order valence-electron chi connectivity index (χ1n) is 7.87. The van der Waals surface area contributed by atoms with Crippen LogP contribution >= 0.6 is 0 Å². The highest BCUT2D eigenvalue weighted by Gasteiger charge is 2.13. The molecule has 3 N–H and O–H groups in total. The van der Waals surface area contributed by atoms with Gasteiger partial charge in [-0.2, -0.15) is 0 Å². The van der Waals surface area contributed by atoms with Gasteiger partial charge in [0.15, 0.2) is 5.82 Å². The number of hydroxylamine groups is 1. The van der Waals surface area contributed by atoms with E-state index in [0.29, 0.717) is 13.0 Å². The molecular formula is C18H18N4O3. The Labute approximate surface area is 144 Å². The Balaban J connectivity index is 2.06.